The number of hydrogen-bond acceptors (Lipinski definition) is 5. The van der Waals surface area contributed by atoms with Gasteiger partial charge in [0.05, 0.1) is 11.1 Å². The van der Waals surface area contributed by atoms with Gasteiger partial charge in [-0.15, -0.1) is 0 Å². The molecular formula is C33H36N2O5. The number of rotatable bonds is 13. The van der Waals surface area contributed by atoms with E-state index in [0.29, 0.717) is 30.6 Å². The predicted molar refractivity (Wildman–Crippen MR) is 153 cm³/mol. The summed E-state index contributed by atoms with van der Waals surface area (Å²) in [6.07, 6.45) is 5.09. The summed E-state index contributed by atoms with van der Waals surface area (Å²) in [6.45, 7) is 4.19. The normalized spacial score (nSPS) is 15.1. The minimum absolute atomic E-state index is 0.0506. The van der Waals surface area contributed by atoms with Gasteiger partial charge in [0.2, 0.25) is 0 Å². The van der Waals surface area contributed by atoms with E-state index in [1.165, 1.54) is 17.7 Å². The van der Waals surface area contributed by atoms with E-state index in [4.69, 9.17) is 4.74 Å². The summed E-state index contributed by atoms with van der Waals surface area (Å²) in [7, 11) is 0. The van der Waals surface area contributed by atoms with Crippen molar-refractivity contribution < 1.29 is 24.2 Å². The van der Waals surface area contributed by atoms with Gasteiger partial charge in [-0.2, -0.15) is 0 Å². The van der Waals surface area contributed by atoms with E-state index < -0.39 is 5.97 Å². The first-order chi connectivity index (χ1) is 19.5. The molecule has 0 bridgehead atoms. The lowest BCUT2D eigenvalue weighted by atomic mass is 9.96. The highest BCUT2D eigenvalue weighted by atomic mass is 16.5. The van der Waals surface area contributed by atoms with Crippen LogP contribution in [0.25, 0.3) is 0 Å². The Morgan fingerprint density at radius 1 is 0.750 bits per heavy atom. The van der Waals surface area contributed by atoms with Gasteiger partial charge in [-0.3, -0.25) is 24.2 Å². The molecule has 7 heteroatoms. The molecule has 3 aromatic rings. The van der Waals surface area contributed by atoms with E-state index in [1.807, 2.05) is 24.3 Å². The number of ether oxygens (including phenoxy) is 1. The highest BCUT2D eigenvalue weighted by Crippen LogP contribution is 2.24. The number of nitrogens with zero attached hydrogens (tertiary/aromatic N) is 2. The molecule has 0 atom stereocenters. The molecule has 2 heterocycles. The van der Waals surface area contributed by atoms with Gasteiger partial charge in [0.25, 0.3) is 11.8 Å². The molecule has 0 radical (unpaired) electrons. The molecule has 0 aromatic heterocycles. The molecule has 5 rings (SSSR count). The number of fused-ring (bicyclic) bond motifs is 1. The first-order valence-electron chi connectivity index (χ1n) is 14.2. The fourth-order valence-corrected chi connectivity index (χ4v) is 5.63. The molecule has 0 spiro atoms. The van der Waals surface area contributed by atoms with Crippen LogP contribution < -0.4 is 4.74 Å². The van der Waals surface area contributed by atoms with Gasteiger partial charge in [-0.1, -0.05) is 48.5 Å². The molecule has 7 nitrogen and oxygen atoms in total. The Balaban J connectivity index is 1.25. The minimum atomic E-state index is -0.835. The predicted octanol–water partition coefficient (Wildman–Crippen LogP) is 4.80. The minimum Gasteiger partial charge on any atom is -0.492 e. The second-order valence-corrected chi connectivity index (χ2v) is 10.6. The van der Waals surface area contributed by atoms with Crippen molar-refractivity contribution in [2.45, 2.75) is 44.9 Å². The van der Waals surface area contributed by atoms with Crippen LogP contribution in [0.15, 0.2) is 66.7 Å². The Kier molecular flexibility index (Phi) is 8.91. The molecule has 2 aliphatic heterocycles. The van der Waals surface area contributed by atoms with Crippen molar-refractivity contribution in [3.63, 3.8) is 0 Å². The number of aryl methyl sites for hydroxylation is 3. The smallest absolute Gasteiger partial charge is 0.303 e. The van der Waals surface area contributed by atoms with Gasteiger partial charge in [0, 0.05) is 19.5 Å². The molecule has 0 saturated carbocycles. The van der Waals surface area contributed by atoms with Crippen LogP contribution in [-0.2, 0) is 30.5 Å². The first-order valence-corrected chi connectivity index (χ1v) is 14.2. The summed E-state index contributed by atoms with van der Waals surface area (Å²) in [6, 6.07) is 21.2. The van der Waals surface area contributed by atoms with E-state index >= 15 is 0 Å². The van der Waals surface area contributed by atoms with Crippen molar-refractivity contribution in [3.05, 3.63) is 100 Å². The fourth-order valence-electron chi connectivity index (χ4n) is 5.63. The van der Waals surface area contributed by atoms with Crippen LogP contribution in [0.3, 0.4) is 0 Å². The van der Waals surface area contributed by atoms with Crippen LogP contribution in [-0.4, -0.2) is 65.5 Å². The Hall–Kier alpha value is -3.97. The summed E-state index contributed by atoms with van der Waals surface area (Å²) >= 11 is 0. The average molecular weight is 541 g/mol. The third-order valence-electron chi connectivity index (χ3n) is 7.76. The lowest BCUT2D eigenvalue weighted by Crippen LogP contribution is -2.31. The molecule has 40 heavy (non-hydrogen) atoms. The fraction of sp³-hybridized carbons (Fsp3) is 0.364. The Bertz CT molecular complexity index is 1340. The number of para-hydroxylation sites is 1. The SMILES string of the molecule is O=C(O)CCc1cc(CCc2ccccc2OCCN2CCCC2)cc(CCN2C(=O)c3ccccc3C2=O)c1. The Morgan fingerprint density at radius 2 is 1.35 bits per heavy atom. The number of aliphatic carboxylic acids is 1. The van der Waals surface area contributed by atoms with E-state index in [9.17, 15) is 19.5 Å². The number of benzene rings is 3. The van der Waals surface area contributed by atoms with Gasteiger partial charge in [-0.25, -0.2) is 0 Å². The summed E-state index contributed by atoms with van der Waals surface area (Å²) < 4.78 is 6.17. The van der Waals surface area contributed by atoms with Crippen LogP contribution in [0.2, 0.25) is 0 Å². The van der Waals surface area contributed by atoms with E-state index in [1.54, 1.807) is 24.3 Å². The van der Waals surface area contributed by atoms with Gasteiger partial charge < -0.3 is 9.84 Å². The average Bonchev–Trinajstić information content (AvgIpc) is 3.57. The molecule has 2 amide bonds. The molecule has 0 unspecified atom stereocenters. The van der Waals surface area contributed by atoms with E-state index in [0.717, 1.165) is 60.5 Å². The second-order valence-electron chi connectivity index (χ2n) is 10.6. The van der Waals surface area contributed by atoms with Crippen molar-refractivity contribution in [2.24, 2.45) is 0 Å². The van der Waals surface area contributed by atoms with Gasteiger partial charge >= 0.3 is 5.97 Å². The molecule has 3 aromatic carbocycles. The number of carboxylic acid groups (broad SMARTS) is 1. The molecule has 1 saturated heterocycles. The zero-order valence-corrected chi connectivity index (χ0v) is 22.8. The molecule has 1 fully saturated rings. The van der Waals surface area contributed by atoms with Crippen LogP contribution in [0.5, 0.6) is 5.75 Å². The number of likely N-dealkylation sites (tertiary alicyclic amines) is 1. The number of carbonyl (C=O) groups is 3. The van der Waals surface area contributed by atoms with Crippen molar-refractivity contribution >= 4 is 17.8 Å². The number of amides is 2. The third-order valence-corrected chi connectivity index (χ3v) is 7.76. The second kappa shape index (κ2) is 12.9. The van der Waals surface area contributed by atoms with Gasteiger partial charge in [0.15, 0.2) is 0 Å². The number of carboxylic acids is 1. The van der Waals surface area contributed by atoms with Crippen molar-refractivity contribution in [1.82, 2.24) is 9.80 Å². The summed E-state index contributed by atoms with van der Waals surface area (Å²) in [5, 5.41) is 9.23. The van der Waals surface area contributed by atoms with Crippen LogP contribution in [0, 0.1) is 0 Å². The van der Waals surface area contributed by atoms with Crippen LogP contribution in [0.1, 0.15) is 62.2 Å². The maximum atomic E-state index is 12.8. The van der Waals surface area contributed by atoms with Crippen LogP contribution >= 0.6 is 0 Å². The molecular weight excluding hydrogens is 504 g/mol. The first kappa shape index (κ1) is 27.6. The highest BCUT2D eigenvalue weighted by molar-refractivity contribution is 6.21. The topological polar surface area (TPSA) is 87.2 Å². The maximum Gasteiger partial charge on any atom is 0.303 e. The highest BCUT2D eigenvalue weighted by Gasteiger charge is 2.34. The van der Waals surface area contributed by atoms with Gasteiger partial charge in [0.1, 0.15) is 12.4 Å². The van der Waals surface area contributed by atoms with Crippen molar-refractivity contribution in [1.29, 1.82) is 0 Å². The molecule has 0 aliphatic carbocycles. The molecule has 1 N–H and O–H groups in total. The number of carbonyl (C=O) groups excluding carboxylic acids is 2. The largest absolute Gasteiger partial charge is 0.492 e. The summed E-state index contributed by atoms with van der Waals surface area (Å²) in [5.74, 6) is -0.444. The summed E-state index contributed by atoms with van der Waals surface area (Å²) in [4.78, 5) is 40.6. The van der Waals surface area contributed by atoms with Crippen molar-refractivity contribution in [3.8, 4) is 5.75 Å². The quantitative estimate of drug-likeness (QED) is 0.314. The number of imide groups is 1. The third kappa shape index (κ3) is 6.77. The monoisotopic (exact) mass is 540 g/mol. The van der Waals surface area contributed by atoms with Gasteiger partial charge in [-0.05, 0) is 92.1 Å². The lowest BCUT2D eigenvalue weighted by molar-refractivity contribution is -0.136. The van der Waals surface area contributed by atoms with E-state index in [-0.39, 0.29) is 24.8 Å². The zero-order chi connectivity index (χ0) is 27.9. The lowest BCUT2D eigenvalue weighted by Gasteiger charge is -2.17. The van der Waals surface area contributed by atoms with Crippen LogP contribution in [0.4, 0.5) is 0 Å². The molecule has 208 valence electrons. The van der Waals surface area contributed by atoms with Crippen molar-refractivity contribution in [2.75, 3.05) is 32.8 Å². The summed E-state index contributed by atoms with van der Waals surface area (Å²) in [5.41, 5.74) is 5.09. The van der Waals surface area contributed by atoms with E-state index in [2.05, 4.69) is 23.1 Å². The zero-order valence-electron chi connectivity index (χ0n) is 22.8. The Morgan fingerprint density at radius 3 is 2.02 bits per heavy atom. The molecule has 2 aliphatic rings. The number of hydrogen-bond donors (Lipinski definition) is 1. The Labute approximate surface area is 235 Å². The standard InChI is InChI=1S/C33H36N2O5/c36-31(37)14-12-25-21-24(11-13-27-7-1-4-10-30(27)40-20-19-34-16-5-6-17-34)22-26(23-25)15-18-35-32(38)28-8-2-3-9-29(28)33(35)39/h1-4,7-10,21-23H,5-6,11-20H2,(H,36,37). The maximum absolute atomic E-state index is 12.8.